The molecule has 4 rings (SSSR count). The lowest BCUT2D eigenvalue weighted by molar-refractivity contribution is 0.0628. The highest BCUT2D eigenvalue weighted by molar-refractivity contribution is 7.92. The lowest BCUT2D eigenvalue weighted by Gasteiger charge is -2.34. The van der Waals surface area contributed by atoms with E-state index in [1.807, 2.05) is 18.3 Å². The van der Waals surface area contributed by atoms with Crippen molar-refractivity contribution in [1.82, 2.24) is 14.8 Å². The number of amides is 1. The van der Waals surface area contributed by atoms with Crippen molar-refractivity contribution < 1.29 is 17.9 Å². The van der Waals surface area contributed by atoms with Gasteiger partial charge in [0, 0.05) is 50.7 Å². The van der Waals surface area contributed by atoms with E-state index in [0.717, 1.165) is 25.2 Å². The van der Waals surface area contributed by atoms with Crippen molar-refractivity contribution in [2.24, 2.45) is 0 Å². The molecular formula is C24H26N4O4S. The molecule has 0 spiro atoms. The fourth-order valence-electron chi connectivity index (χ4n) is 3.77. The number of ether oxygens (including phenoxy) is 1. The van der Waals surface area contributed by atoms with Gasteiger partial charge in [-0.25, -0.2) is 8.42 Å². The van der Waals surface area contributed by atoms with E-state index in [9.17, 15) is 13.2 Å². The summed E-state index contributed by atoms with van der Waals surface area (Å²) in [7, 11) is -2.42. The van der Waals surface area contributed by atoms with Crippen LogP contribution < -0.4 is 9.46 Å². The second kappa shape index (κ2) is 10.0. The maximum Gasteiger partial charge on any atom is 0.262 e. The third-order valence-electron chi connectivity index (χ3n) is 5.53. The number of methoxy groups -OCH3 is 1. The smallest absolute Gasteiger partial charge is 0.262 e. The topological polar surface area (TPSA) is 91.8 Å². The zero-order chi connectivity index (χ0) is 23.3. The number of piperazine rings is 1. The Balaban J connectivity index is 1.42. The normalized spacial score (nSPS) is 14.6. The number of rotatable bonds is 7. The number of benzene rings is 2. The zero-order valence-electron chi connectivity index (χ0n) is 18.3. The van der Waals surface area contributed by atoms with Crippen LogP contribution in [0.5, 0.6) is 5.75 Å². The number of pyridine rings is 1. The molecule has 1 N–H and O–H groups in total. The van der Waals surface area contributed by atoms with Crippen molar-refractivity contribution in [3.63, 3.8) is 0 Å². The SMILES string of the molecule is COc1ccccc1NS(=O)(=O)c1cccc(C(=O)N2CCN(Cc3cccnc3)CC2)c1. The number of nitrogens with zero attached hydrogens (tertiary/aromatic N) is 3. The summed E-state index contributed by atoms with van der Waals surface area (Å²) in [5.74, 6) is 0.239. The highest BCUT2D eigenvalue weighted by atomic mass is 32.2. The highest BCUT2D eigenvalue weighted by Gasteiger charge is 2.24. The van der Waals surface area contributed by atoms with Gasteiger partial charge in [-0.1, -0.05) is 24.3 Å². The third kappa shape index (κ3) is 5.50. The average molecular weight is 467 g/mol. The molecule has 1 saturated heterocycles. The Hall–Kier alpha value is -3.43. The number of carbonyl (C=O) groups excluding carboxylic acids is 1. The van der Waals surface area contributed by atoms with Crippen LogP contribution in [-0.2, 0) is 16.6 Å². The molecule has 9 heteroatoms. The number of hydrogen-bond donors (Lipinski definition) is 1. The van der Waals surface area contributed by atoms with Crippen LogP contribution in [0.25, 0.3) is 0 Å². The van der Waals surface area contributed by atoms with Crippen LogP contribution in [0.15, 0.2) is 78.0 Å². The number of para-hydroxylation sites is 2. The molecule has 1 aliphatic rings. The largest absolute Gasteiger partial charge is 0.495 e. The van der Waals surface area contributed by atoms with Crippen molar-refractivity contribution in [1.29, 1.82) is 0 Å². The second-order valence-electron chi connectivity index (χ2n) is 7.76. The number of hydrogen-bond acceptors (Lipinski definition) is 6. The molecule has 1 aromatic heterocycles. The monoisotopic (exact) mass is 466 g/mol. The Bertz CT molecular complexity index is 1210. The fourth-order valence-corrected chi connectivity index (χ4v) is 4.89. The zero-order valence-corrected chi connectivity index (χ0v) is 19.2. The molecule has 0 bridgehead atoms. The van der Waals surface area contributed by atoms with E-state index in [2.05, 4.69) is 14.6 Å². The van der Waals surface area contributed by atoms with Gasteiger partial charge in [-0.05, 0) is 42.0 Å². The third-order valence-corrected chi connectivity index (χ3v) is 6.89. The molecule has 33 heavy (non-hydrogen) atoms. The second-order valence-corrected chi connectivity index (χ2v) is 9.45. The molecule has 3 aromatic rings. The first kappa shape index (κ1) is 22.8. The molecule has 8 nitrogen and oxygen atoms in total. The fraction of sp³-hybridized carbons (Fsp3) is 0.250. The maximum atomic E-state index is 13.1. The lowest BCUT2D eigenvalue weighted by Crippen LogP contribution is -2.48. The first-order chi connectivity index (χ1) is 16.0. The van der Waals surface area contributed by atoms with Gasteiger partial charge in [0.2, 0.25) is 0 Å². The van der Waals surface area contributed by atoms with Crippen LogP contribution in [0.4, 0.5) is 5.69 Å². The van der Waals surface area contributed by atoms with Crippen LogP contribution in [-0.4, -0.2) is 62.4 Å². The summed E-state index contributed by atoms with van der Waals surface area (Å²) in [6, 6.07) is 16.8. The minimum Gasteiger partial charge on any atom is -0.495 e. The highest BCUT2D eigenvalue weighted by Crippen LogP contribution is 2.26. The molecule has 172 valence electrons. The summed E-state index contributed by atoms with van der Waals surface area (Å²) in [5, 5.41) is 0. The molecular weight excluding hydrogens is 440 g/mol. The van der Waals surface area contributed by atoms with Crippen molar-refractivity contribution in [2.45, 2.75) is 11.4 Å². The van der Waals surface area contributed by atoms with Crippen molar-refractivity contribution in [3.8, 4) is 5.75 Å². The van der Waals surface area contributed by atoms with Gasteiger partial charge in [-0.3, -0.25) is 19.4 Å². The predicted octanol–water partition coefficient (Wildman–Crippen LogP) is 2.85. The molecule has 1 aliphatic heterocycles. The molecule has 1 amide bonds. The Morgan fingerprint density at radius 3 is 2.55 bits per heavy atom. The van der Waals surface area contributed by atoms with Gasteiger partial charge < -0.3 is 9.64 Å². The molecule has 0 unspecified atom stereocenters. The molecule has 0 saturated carbocycles. The van der Waals surface area contributed by atoms with Gasteiger partial charge in [0.15, 0.2) is 0 Å². The number of aromatic nitrogens is 1. The molecule has 2 heterocycles. The minimum absolute atomic E-state index is 0.0227. The first-order valence-electron chi connectivity index (χ1n) is 10.6. The maximum absolute atomic E-state index is 13.1. The molecule has 1 fully saturated rings. The first-order valence-corrected chi connectivity index (χ1v) is 12.1. The van der Waals surface area contributed by atoms with E-state index in [4.69, 9.17) is 4.74 Å². The van der Waals surface area contributed by atoms with E-state index in [0.29, 0.717) is 30.1 Å². The van der Waals surface area contributed by atoms with E-state index in [1.165, 1.54) is 19.2 Å². The molecule has 0 radical (unpaired) electrons. The van der Waals surface area contributed by atoms with E-state index < -0.39 is 10.0 Å². The summed E-state index contributed by atoms with van der Waals surface area (Å²) >= 11 is 0. The standard InChI is InChI=1S/C24H26N4O4S/c1-32-23-10-3-2-9-22(23)26-33(30,31)21-8-4-7-20(16-21)24(29)28-14-12-27(13-15-28)18-19-6-5-11-25-17-19/h2-11,16-17,26H,12-15,18H2,1H3. The molecule has 0 aliphatic carbocycles. The van der Waals surface area contributed by atoms with Gasteiger partial charge in [-0.15, -0.1) is 0 Å². The van der Waals surface area contributed by atoms with Crippen molar-refractivity contribution in [2.75, 3.05) is 38.0 Å². The van der Waals surface area contributed by atoms with Crippen molar-refractivity contribution in [3.05, 3.63) is 84.2 Å². The number of nitrogens with one attached hydrogen (secondary N) is 1. The Morgan fingerprint density at radius 2 is 1.82 bits per heavy atom. The number of carbonyl (C=O) groups is 1. The van der Waals surface area contributed by atoms with Gasteiger partial charge >= 0.3 is 0 Å². The minimum atomic E-state index is -3.89. The lowest BCUT2D eigenvalue weighted by atomic mass is 10.1. The Morgan fingerprint density at radius 1 is 1.03 bits per heavy atom. The Labute approximate surface area is 193 Å². The van der Waals surface area contributed by atoms with E-state index in [-0.39, 0.29) is 10.8 Å². The number of sulfonamides is 1. The van der Waals surface area contributed by atoms with Crippen LogP contribution >= 0.6 is 0 Å². The van der Waals surface area contributed by atoms with Gasteiger partial charge in [0.25, 0.3) is 15.9 Å². The summed E-state index contributed by atoms with van der Waals surface area (Å²) < 4.78 is 33.6. The molecule has 0 atom stereocenters. The predicted molar refractivity (Wildman–Crippen MR) is 126 cm³/mol. The molecule has 2 aromatic carbocycles. The van der Waals surface area contributed by atoms with Crippen LogP contribution in [0.1, 0.15) is 15.9 Å². The quantitative estimate of drug-likeness (QED) is 0.576. The van der Waals surface area contributed by atoms with Gasteiger partial charge in [0.05, 0.1) is 17.7 Å². The average Bonchev–Trinajstić information content (AvgIpc) is 2.85. The Kier molecular flexibility index (Phi) is 6.90. The summed E-state index contributed by atoms with van der Waals surface area (Å²) in [6.45, 7) is 3.44. The van der Waals surface area contributed by atoms with Gasteiger partial charge in [0.1, 0.15) is 5.75 Å². The van der Waals surface area contributed by atoms with Crippen LogP contribution in [0, 0.1) is 0 Å². The van der Waals surface area contributed by atoms with Crippen LogP contribution in [0.3, 0.4) is 0 Å². The summed E-state index contributed by atoms with van der Waals surface area (Å²) in [6.07, 6.45) is 3.60. The summed E-state index contributed by atoms with van der Waals surface area (Å²) in [5.41, 5.74) is 1.82. The van der Waals surface area contributed by atoms with Crippen LogP contribution in [0.2, 0.25) is 0 Å². The summed E-state index contributed by atoms with van der Waals surface area (Å²) in [4.78, 5) is 21.3. The number of anilines is 1. The van der Waals surface area contributed by atoms with E-state index >= 15 is 0 Å². The van der Waals surface area contributed by atoms with E-state index in [1.54, 1.807) is 47.5 Å². The van der Waals surface area contributed by atoms with Gasteiger partial charge in [-0.2, -0.15) is 0 Å². The van der Waals surface area contributed by atoms with Crippen molar-refractivity contribution >= 4 is 21.6 Å².